The van der Waals surface area contributed by atoms with Gasteiger partial charge in [0.15, 0.2) is 5.82 Å². The Bertz CT molecular complexity index is 648. The predicted molar refractivity (Wildman–Crippen MR) is 83.5 cm³/mol. The van der Waals surface area contributed by atoms with Crippen LogP contribution in [0.25, 0.3) is 0 Å². The van der Waals surface area contributed by atoms with Crippen molar-refractivity contribution in [2.75, 3.05) is 24.3 Å². The summed E-state index contributed by atoms with van der Waals surface area (Å²) >= 11 is 9.21. The van der Waals surface area contributed by atoms with Crippen molar-refractivity contribution in [2.24, 2.45) is 0 Å². The molecule has 2 heterocycles. The average Bonchev–Trinajstić information content (AvgIpc) is 2.41. The van der Waals surface area contributed by atoms with Gasteiger partial charge in [0.2, 0.25) is 0 Å². The van der Waals surface area contributed by atoms with Crippen molar-refractivity contribution in [1.82, 2.24) is 9.97 Å². The molecule has 2 aromatic heterocycles. The molecule has 0 atom stereocenters. The predicted octanol–water partition coefficient (Wildman–Crippen LogP) is 3.21. The highest BCUT2D eigenvalue weighted by molar-refractivity contribution is 9.10. The fourth-order valence-corrected chi connectivity index (χ4v) is 2.14. The SMILES string of the molecule is CN(C)c1ncccc1NC(=O)c1cc(Br)cnc1Cl. The number of anilines is 2. The van der Waals surface area contributed by atoms with Gasteiger partial charge in [0.25, 0.3) is 5.91 Å². The third-order valence-corrected chi connectivity index (χ3v) is 3.24. The normalized spacial score (nSPS) is 10.2. The summed E-state index contributed by atoms with van der Waals surface area (Å²) in [5, 5.41) is 2.94. The van der Waals surface area contributed by atoms with Crippen LogP contribution < -0.4 is 10.2 Å². The molecule has 0 unspecified atom stereocenters. The molecule has 1 N–H and O–H groups in total. The summed E-state index contributed by atoms with van der Waals surface area (Å²) in [6.45, 7) is 0. The summed E-state index contributed by atoms with van der Waals surface area (Å²) in [7, 11) is 3.71. The van der Waals surface area contributed by atoms with E-state index in [2.05, 4.69) is 31.2 Å². The topological polar surface area (TPSA) is 58.1 Å². The van der Waals surface area contributed by atoms with Gasteiger partial charge in [-0.15, -0.1) is 0 Å². The first kappa shape index (κ1) is 14.7. The first-order chi connectivity index (χ1) is 9.49. The molecule has 0 aromatic carbocycles. The molecule has 0 aliphatic carbocycles. The minimum atomic E-state index is -0.333. The highest BCUT2D eigenvalue weighted by Gasteiger charge is 2.15. The molecular formula is C13H12BrClN4O. The maximum Gasteiger partial charge on any atom is 0.258 e. The van der Waals surface area contributed by atoms with Gasteiger partial charge >= 0.3 is 0 Å². The number of hydrogen-bond acceptors (Lipinski definition) is 4. The van der Waals surface area contributed by atoms with Crippen molar-refractivity contribution in [2.45, 2.75) is 0 Å². The number of nitrogens with zero attached hydrogens (tertiary/aromatic N) is 3. The number of halogens is 2. The molecule has 7 heteroatoms. The van der Waals surface area contributed by atoms with E-state index in [9.17, 15) is 4.79 Å². The standard InChI is InChI=1S/C13H12BrClN4O/c1-19(2)12-10(4-3-5-16-12)18-13(20)9-6-8(14)7-17-11(9)15/h3-7H,1-2H3,(H,18,20). The fraction of sp³-hybridized carbons (Fsp3) is 0.154. The zero-order valence-electron chi connectivity index (χ0n) is 10.9. The molecule has 0 spiro atoms. The second kappa shape index (κ2) is 6.19. The van der Waals surface area contributed by atoms with Gasteiger partial charge in [0.05, 0.1) is 11.3 Å². The van der Waals surface area contributed by atoms with Crippen LogP contribution in [0.3, 0.4) is 0 Å². The van der Waals surface area contributed by atoms with Crippen LogP contribution in [0.5, 0.6) is 0 Å². The van der Waals surface area contributed by atoms with Crippen LogP contribution in [0.2, 0.25) is 5.15 Å². The molecule has 1 amide bonds. The van der Waals surface area contributed by atoms with Gasteiger partial charge in [-0.05, 0) is 34.1 Å². The smallest absolute Gasteiger partial charge is 0.258 e. The summed E-state index contributed by atoms with van der Waals surface area (Å²) in [5.74, 6) is 0.333. The lowest BCUT2D eigenvalue weighted by molar-refractivity contribution is 0.102. The van der Waals surface area contributed by atoms with Crippen LogP contribution >= 0.6 is 27.5 Å². The molecule has 0 saturated carbocycles. The van der Waals surface area contributed by atoms with Crippen molar-refractivity contribution in [3.05, 3.63) is 45.8 Å². The minimum absolute atomic E-state index is 0.154. The van der Waals surface area contributed by atoms with Crippen LogP contribution in [0.4, 0.5) is 11.5 Å². The van der Waals surface area contributed by atoms with E-state index in [1.165, 1.54) is 6.20 Å². The zero-order chi connectivity index (χ0) is 14.7. The first-order valence-corrected chi connectivity index (χ1v) is 6.91. The summed E-state index contributed by atoms with van der Waals surface area (Å²) in [6, 6.07) is 5.15. The number of amides is 1. The summed E-state index contributed by atoms with van der Waals surface area (Å²) in [5.41, 5.74) is 0.910. The van der Waals surface area contributed by atoms with Crippen molar-refractivity contribution in [3.8, 4) is 0 Å². The Hall–Kier alpha value is -1.66. The maximum atomic E-state index is 12.3. The van der Waals surface area contributed by atoms with E-state index in [0.29, 0.717) is 21.5 Å². The lowest BCUT2D eigenvalue weighted by Crippen LogP contribution is -2.18. The Morgan fingerprint density at radius 1 is 1.40 bits per heavy atom. The second-order valence-corrected chi connectivity index (χ2v) is 5.49. The molecule has 0 radical (unpaired) electrons. The van der Waals surface area contributed by atoms with Gasteiger partial charge in [0.1, 0.15) is 5.15 Å². The Labute approximate surface area is 130 Å². The summed E-state index contributed by atoms with van der Waals surface area (Å²) in [4.78, 5) is 22.2. The third kappa shape index (κ3) is 3.26. The molecule has 0 aliphatic rings. The third-order valence-electron chi connectivity index (χ3n) is 2.51. The minimum Gasteiger partial charge on any atom is -0.361 e. The molecule has 5 nitrogen and oxygen atoms in total. The van der Waals surface area contributed by atoms with E-state index in [-0.39, 0.29) is 11.1 Å². The molecule has 2 aromatic rings. The summed E-state index contributed by atoms with van der Waals surface area (Å²) in [6.07, 6.45) is 3.20. The van der Waals surface area contributed by atoms with E-state index in [0.717, 1.165) is 0 Å². The van der Waals surface area contributed by atoms with Gasteiger partial charge in [-0.1, -0.05) is 11.6 Å². The molecule has 2 rings (SSSR count). The van der Waals surface area contributed by atoms with E-state index in [4.69, 9.17) is 11.6 Å². The van der Waals surface area contributed by atoms with E-state index < -0.39 is 0 Å². The molecular weight excluding hydrogens is 344 g/mol. The highest BCUT2D eigenvalue weighted by atomic mass is 79.9. The van der Waals surface area contributed by atoms with Crippen molar-refractivity contribution >= 4 is 44.9 Å². The largest absolute Gasteiger partial charge is 0.361 e. The maximum absolute atomic E-state index is 12.3. The average molecular weight is 356 g/mol. The molecule has 104 valence electrons. The molecule has 0 bridgehead atoms. The first-order valence-electron chi connectivity index (χ1n) is 5.74. The number of aromatic nitrogens is 2. The van der Waals surface area contributed by atoms with Gasteiger partial charge in [0, 0.05) is 31.0 Å². The molecule has 0 fully saturated rings. The quantitative estimate of drug-likeness (QED) is 0.859. The van der Waals surface area contributed by atoms with Crippen LogP contribution in [-0.4, -0.2) is 30.0 Å². The van der Waals surface area contributed by atoms with Crippen molar-refractivity contribution < 1.29 is 4.79 Å². The highest BCUT2D eigenvalue weighted by Crippen LogP contribution is 2.23. The Morgan fingerprint density at radius 3 is 2.85 bits per heavy atom. The monoisotopic (exact) mass is 354 g/mol. The number of carbonyl (C=O) groups is 1. The summed E-state index contributed by atoms with van der Waals surface area (Å²) < 4.78 is 0.686. The van der Waals surface area contributed by atoms with Crippen LogP contribution in [0.1, 0.15) is 10.4 Å². The number of pyridine rings is 2. The van der Waals surface area contributed by atoms with Crippen LogP contribution in [-0.2, 0) is 0 Å². The van der Waals surface area contributed by atoms with Crippen LogP contribution in [0.15, 0.2) is 35.1 Å². The lowest BCUT2D eigenvalue weighted by atomic mass is 10.2. The van der Waals surface area contributed by atoms with Gasteiger partial charge in [-0.3, -0.25) is 4.79 Å². The van der Waals surface area contributed by atoms with E-state index in [1.54, 1.807) is 24.4 Å². The number of carbonyl (C=O) groups excluding carboxylic acids is 1. The number of hydrogen-bond donors (Lipinski definition) is 1. The Balaban J connectivity index is 2.31. The Morgan fingerprint density at radius 2 is 2.15 bits per heavy atom. The molecule has 0 saturated heterocycles. The Kier molecular flexibility index (Phi) is 4.57. The zero-order valence-corrected chi connectivity index (χ0v) is 13.2. The lowest BCUT2D eigenvalue weighted by Gasteiger charge is -2.16. The van der Waals surface area contributed by atoms with Gasteiger partial charge < -0.3 is 10.2 Å². The van der Waals surface area contributed by atoms with E-state index in [1.807, 2.05) is 19.0 Å². The molecule has 0 aliphatic heterocycles. The second-order valence-electron chi connectivity index (χ2n) is 4.22. The van der Waals surface area contributed by atoms with Crippen molar-refractivity contribution in [1.29, 1.82) is 0 Å². The van der Waals surface area contributed by atoms with Gasteiger partial charge in [-0.25, -0.2) is 9.97 Å². The van der Waals surface area contributed by atoms with Crippen molar-refractivity contribution in [3.63, 3.8) is 0 Å². The number of rotatable bonds is 3. The van der Waals surface area contributed by atoms with E-state index >= 15 is 0 Å². The number of nitrogens with one attached hydrogen (secondary N) is 1. The molecule has 20 heavy (non-hydrogen) atoms. The van der Waals surface area contributed by atoms with Crippen LogP contribution in [0, 0.1) is 0 Å². The fourth-order valence-electron chi connectivity index (χ4n) is 1.62. The van der Waals surface area contributed by atoms with Gasteiger partial charge in [-0.2, -0.15) is 0 Å².